The Kier molecular flexibility index (Phi) is 9.47. The topological polar surface area (TPSA) is 43.1 Å². The zero-order chi connectivity index (χ0) is 8.69. The van der Waals surface area contributed by atoms with Crippen molar-refractivity contribution in [1.82, 2.24) is 0 Å². The average Bonchev–Trinajstić information content (AvgIpc) is 2.43. The Morgan fingerprint density at radius 3 is 2.50 bits per heavy atom. The van der Waals surface area contributed by atoms with Gasteiger partial charge in [-0.25, -0.2) is 0 Å². The third kappa shape index (κ3) is 5.92. The van der Waals surface area contributed by atoms with Crippen LogP contribution in [0.25, 0.3) is 0 Å². The molecule has 0 aromatic carbocycles. The largest absolute Gasteiger partial charge is 0.369 e. The molecule has 0 aliphatic heterocycles. The van der Waals surface area contributed by atoms with Crippen LogP contribution in [0.1, 0.15) is 26.2 Å². The van der Waals surface area contributed by atoms with Crippen LogP contribution in [0.5, 0.6) is 0 Å². The molecule has 0 unspecified atom stereocenters. The van der Waals surface area contributed by atoms with Crippen molar-refractivity contribution in [2.24, 2.45) is 5.73 Å². The van der Waals surface area contributed by atoms with Gasteiger partial charge in [0, 0.05) is 4.88 Å². The summed E-state index contributed by atoms with van der Waals surface area (Å²) in [5, 5.41) is 1.93. The lowest BCUT2D eigenvalue weighted by Gasteiger charge is -1.86. The van der Waals surface area contributed by atoms with Gasteiger partial charge in [0.15, 0.2) is 0 Å². The van der Waals surface area contributed by atoms with Crippen molar-refractivity contribution in [3.05, 3.63) is 22.4 Å². The van der Waals surface area contributed by atoms with Gasteiger partial charge in [-0.2, -0.15) is 0 Å². The van der Waals surface area contributed by atoms with E-state index in [9.17, 15) is 4.79 Å². The van der Waals surface area contributed by atoms with Crippen molar-refractivity contribution in [2.75, 3.05) is 0 Å². The van der Waals surface area contributed by atoms with Gasteiger partial charge < -0.3 is 5.73 Å². The molecule has 3 heteroatoms. The molecule has 2 nitrogen and oxygen atoms in total. The lowest BCUT2D eigenvalue weighted by atomic mass is 10.3. The number of hydrogen-bond acceptors (Lipinski definition) is 2. The Morgan fingerprint density at radius 2 is 2.17 bits per heavy atom. The van der Waals surface area contributed by atoms with E-state index in [0.29, 0.717) is 6.42 Å². The molecule has 1 heterocycles. The fraction of sp³-hybridized carbons (Fsp3) is 0.444. The van der Waals surface area contributed by atoms with Gasteiger partial charge in [0.2, 0.25) is 5.91 Å². The summed E-state index contributed by atoms with van der Waals surface area (Å²) < 4.78 is 0. The number of thiophene rings is 1. The number of amides is 1. The van der Waals surface area contributed by atoms with Crippen LogP contribution in [0, 0.1) is 0 Å². The summed E-state index contributed by atoms with van der Waals surface area (Å²) in [4.78, 5) is 11.3. The normalized spacial score (nSPS) is 7.50. The molecule has 0 saturated heterocycles. The monoisotopic (exact) mass is 187 g/mol. The van der Waals surface area contributed by atoms with E-state index in [1.54, 1.807) is 11.3 Å². The molecule has 1 amide bonds. The molecule has 2 N–H and O–H groups in total. The fourth-order valence-electron chi connectivity index (χ4n) is 0.585. The molecule has 0 aliphatic rings. The van der Waals surface area contributed by atoms with E-state index in [1.807, 2.05) is 31.4 Å². The lowest BCUT2D eigenvalue weighted by molar-refractivity contribution is -0.117. The van der Waals surface area contributed by atoms with E-state index in [0.717, 1.165) is 4.88 Å². The average molecular weight is 187 g/mol. The molecular formula is C9H17NOS. The summed E-state index contributed by atoms with van der Waals surface area (Å²) in [5.41, 5.74) is 4.95. The molecule has 1 rings (SSSR count). The van der Waals surface area contributed by atoms with E-state index >= 15 is 0 Å². The zero-order valence-corrected chi connectivity index (χ0v) is 7.65. The molecular weight excluding hydrogens is 170 g/mol. The number of primary amides is 1. The predicted octanol–water partition coefficient (Wildman–Crippen LogP) is 2.44. The summed E-state index contributed by atoms with van der Waals surface area (Å²) in [6.45, 7) is 4.00. The third-order valence-corrected chi connectivity index (χ3v) is 1.80. The van der Waals surface area contributed by atoms with E-state index < -0.39 is 0 Å². The van der Waals surface area contributed by atoms with Crippen molar-refractivity contribution >= 4 is 17.2 Å². The van der Waals surface area contributed by atoms with Crippen molar-refractivity contribution in [3.63, 3.8) is 0 Å². The molecule has 0 bridgehead atoms. The van der Waals surface area contributed by atoms with E-state index in [-0.39, 0.29) is 13.3 Å². The van der Waals surface area contributed by atoms with Gasteiger partial charge in [-0.05, 0) is 11.4 Å². The van der Waals surface area contributed by atoms with Gasteiger partial charge in [0.25, 0.3) is 0 Å². The van der Waals surface area contributed by atoms with Crippen LogP contribution in [-0.4, -0.2) is 5.91 Å². The van der Waals surface area contributed by atoms with Crippen LogP contribution in [0.2, 0.25) is 0 Å². The second-order valence-electron chi connectivity index (χ2n) is 1.72. The second-order valence-corrected chi connectivity index (χ2v) is 2.75. The van der Waals surface area contributed by atoms with Crippen LogP contribution in [0.4, 0.5) is 0 Å². The Hall–Kier alpha value is -0.830. The number of carbonyl (C=O) groups is 1. The minimum absolute atomic E-state index is 0. The number of rotatable bonds is 2. The van der Waals surface area contributed by atoms with Gasteiger partial charge in [-0.15, -0.1) is 11.3 Å². The first kappa shape index (κ1) is 13.7. The highest BCUT2D eigenvalue weighted by molar-refractivity contribution is 7.10. The summed E-state index contributed by atoms with van der Waals surface area (Å²) >= 11 is 1.55. The zero-order valence-electron chi connectivity index (χ0n) is 6.83. The highest BCUT2D eigenvalue weighted by Crippen LogP contribution is 2.07. The van der Waals surface area contributed by atoms with Crippen LogP contribution >= 0.6 is 11.3 Å². The van der Waals surface area contributed by atoms with Crippen molar-refractivity contribution < 1.29 is 4.79 Å². The smallest absolute Gasteiger partial charge is 0.222 e. The maximum Gasteiger partial charge on any atom is 0.222 e. The Balaban J connectivity index is 0. The molecule has 0 fully saturated rings. The van der Waals surface area contributed by atoms with Crippen molar-refractivity contribution in [2.45, 2.75) is 27.7 Å². The summed E-state index contributed by atoms with van der Waals surface area (Å²) in [5.74, 6) is -0.266. The molecule has 0 saturated carbocycles. The maximum absolute atomic E-state index is 10.3. The first-order chi connectivity index (χ1) is 5.29. The first-order valence-corrected chi connectivity index (χ1v) is 4.47. The molecule has 0 aliphatic carbocycles. The number of hydrogen-bond donors (Lipinski definition) is 1. The molecule has 1 aromatic rings. The molecule has 12 heavy (non-hydrogen) atoms. The summed E-state index contributed by atoms with van der Waals surface area (Å²) in [6, 6.07) is 3.80. The minimum atomic E-state index is -0.266. The highest BCUT2D eigenvalue weighted by atomic mass is 32.1. The minimum Gasteiger partial charge on any atom is -0.369 e. The number of carbonyl (C=O) groups excluding carboxylic acids is 1. The second kappa shape index (κ2) is 8.27. The van der Waals surface area contributed by atoms with E-state index in [2.05, 4.69) is 0 Å². The Labute approximate surface area is 78.4 Å². The predicted molar refractivity (Wildman–Crippen MR) is 55.3 cm³/mol. The molecule has 0 atom stereocenters. The summed E-state index contributed by atoms with van der Waals surface area (Å²) in [7, 11) is 0. The van der Waals surface area contributed by atoms with Crippen LogP contribution in [0.3, 0.4) is 0 Å². The Morgan fingerprint density at radius 1 is 1.58 bits per heavy atom. The van der Waals surface area contributed by atoms with Crippen LogP contribution in [0.15, 0.2) is 17.5 Å². The van der Waals surface area contributed by atoms with Gasteiger partial charge in [-0.1, -0.05) is 27.3 Å². The molecule has 70 valence electrons. The molecule has 1 aromatic heterocycles. The van der Waals surface area contributed by atoms with E-state index in [1.165, 1.54) is 0 Å². The Bertz CT molecular complexity index is 194. The van der Waals surface area contributed by atoms with Crippen LogP contribution in [-0.2, 0) is 11.2 Å². The molecule has 0 radical (unpaired) electrons. The summed E-state index contributed by atoms with van der Waals surface area (Å²) in [6.07, 6.45) is 0.373. The quantitative estimate of drug-likeness (QED) is 0.759. The lowest BCUT2D eigenvalue weighted by Crippen LogP contribution is -2.12. The SMILES string of the molecule is C.CC.NC(=O)Cc1cccs1. The van der Waals surface area contributed by atoms with Crippen molar-refractivity contribution in [3.8, 4) is 0 Å². The van der Waals surface area contributed by atoms with Gasteiger partial charge in [-0.3, -0.25) is 4.79 Å². The maximum atomic E-state index is 10.3. The van der Waals surface area contributed by atoms with Gasteiger partial charge >= 0.3 is 0 Å². The first-order valence-electron chi connectivity index (χ1n) is 3.60. The number of nitrogens with two attached hydrogens (primary N) is 1. The fourth-order valence-corrected chi connectivity index (χ4v) is 1.30. The standard InChI is InChI=1S/C6H7NOS.C2H6.CH4/c7-6(8)4-5-2-1-3-9-5;1-2;/h1-3H,4H2,(H2,7,8);1-2H3;1H4. The van der Waals surface area contributed by atoms with Crippen LogP contribution < -0.4 is 5.73 Å². The van der Waals surface area contributed by atoms with Gasteiger partial charge in [0.1, 0.15) is 0 Å². The van der Waals surface area contributed by atoms with Crippen molar-refractivity contribution in [1.29, 1.82) is 0 Å². The highest BCUT2D eigenvalue weighted by Gasteiger charge is 1.96. The molecule has 0 spiro atoms. The third-order valence-electron chi connectivity index (χ3n) is 0.929. The van der Waals surface area contributed by atoms with Gasteiger partial charge in [0.05, 0.1) is 6.42 Å². The van der Waals surface area contributed by atoms with E-state index in [4.69, 9.17) is 5.73 Å².